The Morgan fingerprint density at radius 1 is 1.27 bits per heavy atom. The van der Waals surface area contributed by atoms with E-state index < -0.39 is 0 Å². The topological polar surface area (TPSA) is 92.2 Å². The summed E-state index contributed by atoms with van der Waals surface area (Å²) in [6, 6.07) is 9.42. The first-order chi connectivity index (χ1) is 12.5. The minimum atomic E-state index is -0.244. The average Bonchev–Trinajstić information content (AvgIpc) is 3.04. The van der Waals surface area contributed by atoms with Gasteiger partial charge in [-0.15, -0.1) is 0 Å². The number of para-hydroxylation sites is 1. The lowest BCUT2D eigenvalue weighted by atomic mass is 9.93. The van der Waals surface area contributed by atoms with Crippen molar-refractivity contribution in [2.45, 2.75) is 19.8 Å². The third-order valence-corrected chi connectivity index (χ3v) is 5.23. The molecule has 1 aromatic carbocycles. The number of Topliss-reactive ketones (excluding diaryl/α,β-unsaturated/α-hetero) is 1. The number of hydrogen-bond acceptors (Lipinski definition) is 6. The SMILES string of the molecule is CC(=O)Nc1nc2c(s1)C(=O)C(=C(O)c1cnc3ccccc3c1)CC2. The summed E-state index contributed by atoms with van der Waals surface area (Å²) in [5.74, 6) is -0.524. The van der Waals surface area contributed by atoms with Crippen LogP contribution < -0.4 is 5.32 Å². The molecule has 1 aliphatic rings. The highest BCUT2D eigenvalue weighted by atomic mass is 32.1. The van der Waals surface area contributed by atoms with E-state index in [9.17, 15) is 14.7 Å². The van der Waals surface area contributed by atoms with Gasteiger partial charge in [-0.2, -0.15) is 0 Å². The van der Waals surface area contributed by atoms with Gasteiger partial charge in [0.25, 0.3) is 0 Å². The van der Waals surface area contributed by atoms with Gasteiger partial charge in [-0.3, -0.25) is 14.6 Å². The zero-order valence-corrected chi connectivity index (χ0v) is 14.8. The van der Waals surface area contributed by atoms with Crippen molar-refractivity contribution < 1.29 is 14.7 Å². The summed E-state index contributed by atoms with van der Waals surface area (Å²) >= 11 is 1.14. The summed E-state index contributed by atoms with van der Waals surface area (Å²) < 4.78 is 0. The first kappa shape index (κ1) is 16.4. The van der Waals surface area contributed by atoms with Crippen molar-refractivity contribution in [3.05, 3.63) is 58.2 Å². The zero-order valence-electron chi connectivity index (χ0n) is 13.9. The Kier molecular flexibility index (Phi) is 4.00. The number of fused-ring (bicyclic) bond motifs is 2. The molecule has 0 aliphatic heterocycles. The molecule has 1 aliphatic carbocycles. The van der Waals surface area contributed by atoms with E-state index in [0.717, 1.165) is 22.2 Å². The number of rotatable bonds is 2. The summed E-state index contributed by atoms with van der Waals surface area (Å²) in [6.07, 6.45) is 2.51. The standard InChI is InChI=1S/C19H15N3O3S/c1-10(23)21-19-22-15-7-6-13(17(25)18(15)26-19)16(24)12-8-11-4-2-3-5-14(11)20-9-12/h2-5,8-9,24H,6-7H2,1H3,(H,21,22,23). The first-order valence-corrected chi connectivity index (χ1v) is 8.94. The number of amides is 1. The molecular weight excluding hydrogens is 350 g/mol. The third kappa shape index (κ3) is 2.86. The summed E-state index contributed by atoms with van der Waals surface area (Å²) in [5, 5.41) is 14.6. The Hall–Kier alpha value is -3.06. The maximum Gasteiger partial charge on any atom is 0.223 e. The van der Waals surface area contributed by atoms with Gasteiger partial charge in [0.05, 0.1) is 11.2 Å². The summed E-state index contributed by atoms with van der Waals surface area (Å²) in [6.45, 7) is 1.39. The van der Waals surface area contributed by atoms with Crippen molar-refractivity contribution in [2.75, 3.05) is 5.32 Å². The smallest absolute Gasteiger partial charge is 0.223 e. The lowest BCUT2D eigenvalue weighted by molar-refractivity contribution is -0.114. The van der Waals surface area contributed by atoms with Crippen LogP contribution in [0.3, 0.4) is 0 Å². The number of carbonyl (C=O) groups excluding carboxylic acids is 2. The molecule has 7 heteroatoms. The second kappa shape index (κ2) is 6.34. The van der Waals surface area contributed by atoms with Crippen molar-refractivity contribution in [3.63, 3.8) is 0 Å². The number of allylic oxidation sites excluding steroid dienone is 1. The molecule has 0 saturated heterocycles. The van der Waals surface area contributed by atoms with E-state index in [1.165, 1.54) is 6.92 Å². The van der Waals surface area contributed by atoms with Crippen molar-refractivity contribution in [1.29, 1.82) is 0 Å². The average molecular weight is 365 g/mol. The molecule has 2 aromatic heterocycles. The molecule has 0 saturated carbocycles. The highest BCUT2D eigenvalue weighted by Crippen LogP contribution is 2.35. The normalized spacial score (nSPS) is 15.7. The number of aromatic nitrogens is 2. The van der Waals surface area contributed by atoms with Gasteiger partial charge in [-0.25, -0.2) is 4.98 Å². The van der Waals surface area contributed by atoms with Crippen molar-refractivity contribution in [1.82, 2.24) is 9.97 Å². The number of nitrogens with zero attached hydrogens (tertiary/aromatic N) is 2. The Morgan fingerprint density at radius 2 is 2.08 bits per heavy atom. The molecule has 6 nitrogen and oxygen atoms in total. The number of ketones is 1. The summed E-state index contributed by atoms with van der Waals surface area (Å²) in [4.78, 5) is 33.1. The predicted octanol–water partition coefficient (Wildman–Crippen LogP) is 3.75. The van der Waals surface area contributed by atoms with Gasteiger partial charge >= 0.3 is 0 Å². The lowest BCUT2D eigenvalue weighted by Crippen LogP contribution is -2.14. The van der Waals surface area contributed by atoms with Crippen LogP contribution in [-0.2, 0) is 11.2 Å². The van der Waals surface area contributed by atoms with Gasteiger partial charge in [-0.1, -0.05) is 29.5 Å². The van der Waals surface area contributed by atoms with E-state index >= 15 is 0 Å². The van der Waals surface area contributed by atoms with Gasteiger partial charge < -0.3 is 10.4 Å². The van der Waals surface area contributed by atoms with Gasteiger partial charge in [0, 0.05) is 29.6 Å². The van der Waals surface area contributed by atoms with E-state index in [2.05, 4.69) is 15.3 Å². The maximum absolute atomic E-state index is 12.8. The number of aliphatic hydroxyl groups is 1. The van der Waals surface area contributed by atoms with Crippen LogP contribution in [0.15, 0.2) is 42.1 Å². The summed E-state index contributed by atoms with van der Waals surface area (Å²) in [5.41, 5.74) is 2.36. The fourth-order valence-corrected chi connectivity index (χ4v) is 4.02. The fourth-order valence-electron chi connectivity index (χ4n) is 3.00. The lowest BCUT2D eigenvalue weighted by Gasteiger charge is -2.14. The van der Waals surface area contributed by atoms with Crippen LogP contribution in [-0.4, -0.2) is 26.8 Å². The minimum Gasteiger partial charge on any atom is -0.507 e. The van der Waals surface area contributed by atoms with Crippen LogP contribution in [0.4, 0.5) is 5.13 Å². The second-order valence-electron chi connectivity index (χ2n) is 6.05. The largest absolute Gasteiger partial charge is 0.507 e. The van der Waals surface area contributed by atoms with Gasteiger partial charge in [0.15, 0.2) is 5.13 Å². The Labute approximate surface area is 153 Å². The number of aryl methyl sites for hydroxylation is 1. The molecule has 0 atom stereocenters. The molecule has 0 unspecified atom stereocenters. The molecule has 0 fully saturated rings. The van der Waals surface area contributed by atoms with Crippen LogP contribution in [0.2, 0.25) is 0 Å². The first-order valence-electron chi connectivity index (χ1n) is 8.12. The molecule has 2 heterocycles. The van der Waals surface area contributed by atoms with E-state index in [1.54, 1.807) is 6.20 Å². The number of aliphatic hydroxyl groups excluding tert-OH is 1. The Bertz CT molecular complexity index is 1080. The summed E-state index contributed by atoms with van der Waals surface area (Å²) in [7, 11) is 0. The van der Waals surface area contributed by atoms with Crippen LogP contribution in [0.5, 0.6) is 0 Å². The molecule has 3 aromatic rings. The van der Waals surface area contributed by atoms with Crippen LogP contribution in [0, 0.1) is 0 Å². The Morgan fingerprint density at radius 3 is 2.88 bits per heavy atom. The van der Waals surface area contributed by atoms with Crippen LogP contribution in [0.25, 0.3) is 16.7 Å². The molecule has 0 spiro atoms. The van der Waals surface area contributed by atoms with Crippen molar-refractivity contribution in [3.8, 4) is 0 Å². The molecule has 0 bridgehead atoms. The van der Waals surface area contributed by atoms with Crippen LogP contribution in [0.1, 0.15) is 34.3 Å². The third-order valence-electron chi connectivity index (χ3n) is 4.22. The van der Waals surface area contributed by atoms with Gasteiger partial charge in [-0.05, 0) is 25.0 Å². The fraction of sp³-hybridized carbons (Fsp3) is 0.158. The minimum absolute atomic E-state index is 0.0478. The molecular formula is C19H15N3O3S. The van der Waals surface area contributed by atoms with Crippen molar-refractivity contribution >= 4 is 44.8 Å². The Balaban J connectivity index is 1.73. The highest BCUT2D eigenvalue weighted by Gasteiger charge is 2.29. The number of pyridine rings is 1. The predicted molar refractivity (Wildman–Crippen MR) is 100 cm³/mol. The number of hydrogen-bond donors (Lipinski definition) is 2. The number of nitrogens with one attached hydrogen (secondary N) is 1. The quantitative estimate of drug-likeness (QED) is 0.533. The molecule has 1 amide bonds. The van der Waals surface area contributed by atoms with E-state index in [4.69, 9.17) is 0 Å². The number of thiazole rings is 1. The van der Waals surface area contributed by atoms with Gasteiger partial charge in [0.2, 0.25) is 11.7 Å². The molecule has 130 valence electrons. The highest BCUT2D eigenvalue weighted by molar-refractivity contribution is 7.18. The zero-order chi connectivity index (χ0) is 18.3. The number of carbonyl (C=O) groups is 2. The monoisotopic (exact) mass is 365 g/mol. The van der Waals surface area contributed by atoms with Crippen molar-refractivity contribution in [2.24, 2.45) is 0 Å². The van der Waals surface area contributed by atoms with E-state index in [1.807, 2.05) is 30.3 Å². The molecule has 0 radical (unpaired) electrons. The van der Waals surface area contributed by atoms with Gasteiger partial charge in [0.1, 0.15) is 10.6 Å². The van der Waals surface area contributed by atoms with E-state index in [0.29, 0.717) is 39.7 Å². The van der Waals surface area contributed by atoms with E-state index in [-0.39, 0.29) is 17.4 Å². The maximum atomic E-state index is 12.8. The number of anilines is 1. The second-order valence-corrected chi connectivity index (χ2v) is 7.05. The molecule has 4 rings (SSSR count). The number of benzene rings is 1. The van der Waals surface area contributed by atoms with Crippen LogP contribution >= 0.6 is 11.3 Å². The molecule has 26 heavy (non-hydrogen) atoms. The molecule has 2 N–H and O–H groups in total.